The lowest BCUT2D eigenvalue weighted by Crippen LogP contribution is -2.41. The fourth-order valence-corrected chi connectivity index (χ4v) is 4.38. The van der Waals surface area contributed by atoms with Gasteiger partial charge < -0.3 is 14.4 Å². The van der Waals surface area contributed by atoms with E-state index < -0.39 is 0 Å². The molecule has 0 saturated carbocycles. The largest absolute Gasteiger partial charge is 0.345 e. The predicted molar refractivity (Wildman–Crippen MR) is 124 cm³/mol. The molecule has 0 unspecified atom stereocenters. The maximum atomic E-state index is 12.9. The van der Waals surface area contributed by atoms with Gasteiger partial charge in [0.2, 0.25) is 11.8 Å². The van der Waals surface area contributed by atoms with Crippen molar-refractivity contribution in [2.45, 2.75) is 38.6 Å². The Morgan fingerprint density at radius 2 is 1.97 bits per heavy atom. The average Bonchev–Trinajstić information content (AvgIpc) is 3.24. The average molecular weight is 434 g/mol. The molecule has 32 heavy (non-hydrogen) atoms. The number of aromatic nitrogens is 3. The van der Waals surface area contributed by atoms with E-state index in [1.807, 2.05) is 59.0 Å². The lowest BCUT2D eigenvalue weighted by molar-refractivity contribution is -0.133. The molecule has 0 bridgehead atoms. The first-order valence-corrected chi connectivity index (χ1v) is 11.4. The smallest absolute Gasteiger partial charge is 0.242 e. The van der Waals surface area contributed by atoms with Crippen molar-refractivity contribution in [3.8, 4) is 0 Å². The monoisotopic (exact) mass is 433 g/mol. The SMILES string of the molecule is CN(CCc1ccccn1)C(=O)CC[C@H]1CCCN(C(=O)Cn2cnc3ccccc32)C1. The van der Waals surface area contributed by atoms with Crippen LogP contribution in [0.5, 0.6) is 0 Å². The third-order valence-electron chi connectivity index (χ3n) is 6.33. The van der Waals surface area contributed by atoms with Gasteiger partial charge in [0.25, 0.3) is 0 Å². The maximum Gasteiger partial charge on any atom is 0.242 e. The van der Waals surface area contributed by atoms with Crippen LogP contribution < -0.4 is 0 Å². The van der Waals surface area contributed by atoms with Crippen molar-refractivity contribution >= 4 is 22.8 Å². The highest BCUT2D eigenvalue weighted by Crippen LogP contribution is 2.22. The fourth-order valence-electron chi connectivity index (χ4n) is 4.38. The van der Waals surface area contributed by atoms with E-state index in [4.69, 9.17) is 0 Å². The van der Waals surface area contributed by atoms with Crippen LogP contribution in [-0.2, 0) is 22.6 Å². The summed E-state index contributed by atoms with van der Waals surface area (Å²) in [4.78, 5) is 37.9. The maximum absolute atomic E-state index is 12.9. The lowest BCUT2D eigenvalue weighted by Gasteiger charge is -2.33. The molecule has 2 amide bonds. The van der Waals surface area contributed by atoms with Crippen molar-refractivity contribution in [1.29, 1.82) is 0 Å². The first-order valence-electron chi connectivity index (χ1n) is 11.4. The van der Waals surface area contributed by atoms with Crippen LogP contribution in [0.4, 0.5) is 0 Å². The molecule has 0 radical (unpaired) electrons. The molecule has 1 aliphatic heterocycles. The summed E-state index contributed by atoms with van der Waals surface area (Å²) >= 11 is 0. The van der Waals surface area contributed by atoms with Gasteiger partial charge in [0, 0.05) is 51.4 Å². The Kier molecular flexibility index (Phi) is 7.14. The number of rotatable bonds is 8. The van der Waals surface area contributed by atoms with Crippen molar-refractivity contribution in [2.75, 3.05) is 26.7 Å². The van der Waals surface area contributed by atoms with E-state index in [-0.39, 0.29) is 11.8 Å². The number of benzene rings is 1. The first kappa shape index (κ1) is 22.0. The summed E-state index contributed by atoms with van der Waals surface area (Å²) in [6.07, 6.45) is 7.69. The number of nitrogens with zero attached hydrogens (tertiary/aromatic N) is 5. The minimum absolute atomic E-state index is 0.122. The van der Waals surface area contributed by atoms with Crippen molar-refractivity contribution in [3.05, 3.63) is 60.7 Å². The number of likely N-dealkylation sites (tertiary alicyclic amines) is 1. The number of likely N-dealkylation sites (N-methyl/N-ethyl adjacent to an activating group) is 1. The summed E-state index contributed by atoms with van der Waals surface area (Å²) in [7, 11) is 1.86. The van der Waals surface area contributed by atoms with E-state index in [2.05, 4.69) is 9.97 Å². The number of carbonyl (C=O) groups is 2. The van der Waals surface area contributed by atoms with Gasteiger partial charge in [0.15, 0.2) is 0 Å². The molecule has 0 N–H and O–H groups in total. The normalized spacial score (nSPS) is 16.3. The Morgan fingerprint density at radius 1 is 1.12 bits per heavy atom. The second-order valence-corrected chi connectivity index (χ2v) is 8.63. The van der Waals surface area contributed by atoms with Gasteiger partial charge in [0.05, 0.1) is 17.4 Å². The number of fused-ring (bicyclic) bond motifs is 1. The summed E-state index contributed by atoms with van der Waals surface area (Å²) in [5.74, 6) is 0.659. The molecule has 168 valence electrons. The number of amides is 2. The molecular formula is C25H31N5O2. The molecule has 0 aliphatic carbocycles. The standard InChI is InChI=1S/C25H31N5O2/c1-28(16-13-21-8-4-5-14-26-21)24(31)12-11-20-7-6-15-29(17-20)25(32)18-30-19-27-22-9-2-3-10-23(22)30/h2-5,8-10,14,19-20H,6-7,11-13,15-18H2,1H3/t20-/m1/s1. The van der Waals surface area contributed by atoms with Crippen LogP contribution in [0.15, 0.2) is 55.0 Å². The first-order chi connectivity index (χ1) is 15.6. The van der Waals surface area contributed by atoms with Gasteiger partial charge in [-0.15, -0.1) is 0 Å². The molecule has 1 saturated heterocycles. The van der Waals surface area contributed by atoms with Gasteiger partial charge in [-0.1, -0.05) is 18.2 Å². The number of para-hydroxylation sites is 2. The highest BCUT2D eigenvalue weighted by atomic mass is 16.2. The molecule has 1 fully saturated rings. The number of hydrogen-bond acceptors (Lipinski definition) is 4. The number of piperidine rings is 1. The second kappa shape index (κ2) is 10.4. The van der Waals surface area contributed by atoms with Crippen LogP contribution in [-0.4, -0.2) is 62.8 Å². The fraction of sp³-hybridized carbons (Fsp3) is 0.440. The van der Waals surface area contributed by atoms with Crippen molar-refractivity contribution in [1.82, 2.24) is 24.3 Å². The van der Waals surface area contributed by atoms with Gasteiger partial charge >= 0.3 is 0 Å². The lowest BCUT2D eigenvalue weighted by atomic mass is 9.93. The second-order valence-electron chi connectivity index (χ2n) is 8.63. The van der Waals surface area contributed by atoms with Crippen molar-refractivity contribution < 1.29 is 9.59 Å². The Morgan fingerprint density at radius 3 is 2.81 bits per heavy atom. The molecule has 7 nitrogen and oxygen atoms in total. The highest BCUT2D eigenvalue weighted by molar-refractivity contribution is 5.80. The molecule has 3 aromatic rings. The van der Waals surface area contributed by atoms with Crippen molar-refractivity contribution in [3.63, 3.8) is 0 Å². The summed E-state index contributed by atoms with van der Waals surface area (Å²) < 4.78 is 1.92. The van der Waals surface area contributed by atoms with Gasteiger partial charge in [-0.2, -0.15) is 0 Å². The Bertz CT molecular complexity index is 1050. The van der Waals surface area contributed by atoms with E-state index in [0.29, 0.717) is 25.4 Å². The van der Waals surface area contributed by atoms with E-state index in [1.54, 1.807) is 17.4 Å². The quantitative estimate of drug-likeness (QED) is 0.547. The topological polar surface area (TPSA) is 71.3 Å². The van der Waals surface area contributed by atoms with Crippen LogP contribution in [0.2, 0.25) is 0 Å². The third-order valence-corrected chi connectivity index (χ3v) is 6.33. The van der Waals surface area contributed by atoms with Crippen LogP contribution in [0, 0.1) is 5.92 Å². The van der Waals surface area contributed by atoms with Gasteiger partial charge in [-0.25, -0.2) is 4.98 Å². The molecule has 4 rings (SSSR count). The van der Waals surface area contributed by atoms with Gasteiger partial charge in [-0.3, -0.25) is 14.6 Å². The zero-order chi connectivity index (χ0) is 22.3. The van der Waals surface area contributed by atoms with Gasteiger partial charge in [-0.05, 0) is 49.4 Å². The molecule has 0 spiro atoms. The summed E-state index contributed by atoms with van der Waals surface area (Å²) in [5.41, 5.74) is 2.88. The number of hydrogen-bond donors (Lipinski definition) is 0. The Hall–Kier alpha value is -3.22. The van der Waals surface area contributed by atoms with Crippen LogP contribution in [0.3, 0.4) is 0 Å². The molecule has 1 aromatic carbocycles. The van der Waals surface area contributed by atoms with E-state index in [9.17, 15) is 9.59 Å². The minimum atomic E-state index is 0.122. The molecular weight excluding hydrogens is 402 g/mol. The van der Waals surface area contributed by atoms with Crippen LogP contribution in [0.1, 0.15) is 31.4 Å². The van der Waals surface area contributed by atoms with Crippen LogP contribution >= 0.6 is 0 Å². The third kappa shape index (κ3) is 5.52. The molecule has 3 heterocycles. The number of pyridine rings is 1. The predicted octanol–water partition coefficient (Wildman–Crippen LogP) is 3.15. The Labute approximate surface area is 189 Å². The number of carbonyl (C=O) groups excluding carboxylic acids is 2. The molecule has 1 atom stereocenters. The zero-order valence-corrected chi connectivity index (χ0v) is 18.7. The highest BCUT2D eigenvalue weighted by Gasteiger charge is 2.25. The Balaban J connectivity index is 1.23. The number of imidazole rings is 1. The minimum Gasteiger partial charge on any atom is -0.345 e. The van der Waals surface area contributed by atoms with Crippen LogP contribution in [0.25, 0.3) is 11.0 Å². The van der Waals surface area contributed by atoms with Gasteiger partial charge in [0.1, 0.15) is 6.54 Å². The molecule has 1 aliphatic rings. The van der Waals surface area contributed by atoms with Crippen molar-refractivity contribution in [2.24, 2.45) is 5.92 Å². The molecule has 7 heteroatoms. The van der Waals surface area contributed by atoms with E-state index in [1.165, 1.54) is 0 Å². The summed E-state index contributed by atoms with van der Waals surface area (Å²) in [6.45, 7) is 2.50. The zero-order valence-electron chi connectivity index (χ0n) is 18.7. The van der Waals surface area contributed by atoms with E-state index >= 15 is 0 Å². The van der Waals surface area contributed by atoms with E-state index in [0.717, 1.165) is 55.5 Å². The summed E-state index contributed by atoms with van der Waals surface area (Å²) in [6, 6.07) is 13.7. The molecule has 2 aromatic heterocycles. The summed E-state index contributed by atoms with van der Waals surface area (Å²) in [5, 5.41) is 0.